The van der Waals surface area contributed by atoms with Gasteiger partial charge in [0.2, 0.25) is 0 Å². The summed E-state index contributed by atoms with van der Waals surface area (Å²) in [4.78, 5) is 10.5. The highest BCUT2D eigenvalue weighted by atomic mass is 16.3. The van der Waals surface area contributed by atoms with Gasteiger partial charge in [0, 0.05) is 0 Å². The quantitative estimate of drug-likeness (QED) is 0.764. The van der Waals surface area contributed by atoms with Crippen LogP contribution >= 0.6 is 0 Å². The van der Waals surface area contributed by atoms with Crippen LogP contribution in [0.15, 0.2) is 18.2 Å². The Morgan fingerprint density at radius 1 is 1.44 bits per heavy atom. The van der Waals surface area contributed by atoms with Gasteiger partial charge in [-0.05, 0) is 29.0 Å². The van der Waals surface area contributed by atoms with Crippen LogP contribution in [-0.2, 0) is 16.6 Å². The molecule has 0 amide bonds. The largest absolute Gasteiger partial charge is 0.508 e. The summed E-state index contributed by atoms with van der Waals surface area (Å²) in [6.45, 7) is 6.10. The summed E-state index contributed by atoms with van der Waals surface area (Å²) in [6.07, 6.45) is 1.25. The van der Waals surface area contributed by atoms with Crippen LogP contribution in [0, 0.1) is 0 Å². The molecule has 0 aliphatic heterocycles. The summed E-state index contributed by atoms with van der Waals surface area (Å²) in [5.41, 5.74) is 7.30. The van der Waals surface area contributed by atoms with Gasteiger partial charge in [0.1, 0.15) is 12.0 Å². The van der Waals surface area contributed by atoms with E-state index in [0.29, 0.717) is 6.42 Å². The van der Waals surface area contributed by atoms with Crippen LogP contribution in [0.4, 0.5) is 0 Å². The molecule has 0 radical (unpaired) electrons. The second-order valence-corrected chi connectivity index (χ2v) is 5.11. The van der Waals surface area contributed by atoms with Crippen molar-refractivity contribution in [3.63, 3.8) is 0 Å². The van der Waals surface area contributed by atoms with E-state index in [1.54, 1.807) is 12.1 Å². The molecule has 0 aliphatic carbocycles. The maximum Gasteiger partial charge on any atom is 0.137 e. The lowest BCUT2D eigenvalue weighted by atomic mass is 9.85. The van der Waals surface area contributed by atoms with Crippen LogP contribution in [-0.4, -0.2) is 17.4 Å². The van der Waals surface area contributed by atoms with Crippen LogP contribution in [0.2, 0.25) is 0 Å². The number of aldehydes is 1. The number of phenolic OH excluding ortho intramolecular Hbond substituents is 1. The highest BCUT2D eigenvalue weighted by Crippen LogP contribution is 2.31. The molecule has 0 saturated carbocycles. The second-order valence-electron chi connectivity index (χ2n) is 5.11. The zero-order valence-electron chi connectivity index (χ0n) is 10.0. The summed E-state index contributed by atoms with van der Waals surface area (Å²) < 4.78 is 0. The molecule has 3 N–H and O–H groups in total. The lowest BCUT2D eigenvalue weighted by Gasteiger charge is -2.21. The summed E-state index contributed by atoms with van der Waals surface area (Å²) in [6, 6.07) is 4.90. The number of nitrogens with two attached hydrogens (primary N) is 1. The van der Waals surface area contributed by atoms with Gasteiger partial charge in [0.05, 0.1) is 6.04 Å². The minimum Gasteiger partial charge on any atom is -0.508 e. The molecule has 0 saturated heterocycles. The molecule has 3 nitrogen and oxygen atoms in total. The minimum atomic E-state index is -0.475. The van der Waals surface area contributed by atoms with Gasteiger partial charge in [-0.1, -0.05) is 32.9 Å². The average Bonchev–Trinajstić information content (AvgIpc) is 2.19. The molecule has 0 bridgehead atoms. The fourth-order valence-electron chi connectivity index (χ4n) is 1.63. The van der Waals surface area contributed by atoms with Crippen molar-refractivity contribution in [2.24, 2.45) is 5.73 Å². The fraction of sp³-hybridized carbons (Fsp3) is 0.462. The van der Waals surface area contributed by atoms with Gasteiger partial charge in [0.15, 0.2) is 0 Å². The molecular weight excluding hydrogens is 202 g/mol. The molecule has 0 spiro atoms. The Morgan fingerprint density at radius 2 is 2.06 bits per heavy atom. The normalized spacial score (nSPS) is 13.5. The molecule has 1 aromatic rings. The Bertz CT molecular complexity index is 380. The number of carbonyl (C=O) groups excluding carboxylic acids is 1. The zero-order chi connectivity index (χ0) is 12.3. The van der Waals surface area contributed by atoms with Gasteiger partial charge in [-0.25, -0.2) is 0 Å². The molecule has 1 rings (SSSR count). The van der Waals surface area contributed by atoms with Gasteiger partial charge >= 0.3 is 0 Å². The number of phenols is 1. The van der Waals surface area contributed by atoms with Gasteiger partial charge in [0.25, 0.3) is 0 Å². The first-order chi connectivity index (χ1) is 7.34. The van der Waals surface area contributed by atoms with E-state index in [1.165, 1.54) is 0 Å². The van der Waals surface area contributed by atoms with Crippen molar-refractivity contribution in [1.29, 1.82) is 0 Å². The molecular formula is C13H19NO2. The van der Waals surface area contributed by atoms with Crippen LogP contribution in [0.1, 0.15) is 31.9 Å². The summed E-state index contributed by atoms with van der Waals surface area (Å²) in [7, 11) is 0. The van der Waals surface area contributed by atoms with Crippen LogP contribution < -0.4 is 5.73 Å². The maximum absolute atomic E-state index is 10.5. The molecule has 3 heteroatoms. The van der Waals surface area contributed by atoms with Crippen molar-refractivity contribution >= 4 is 6.29 Å². The predicted molar refractivity (Wildman–Crippen MR) is 64.6 cm³/mol. The molecule has 0 aromatic heterocycles. The van der Waals surface area contributed by atoms with Crippen LogP contribution in [0.25, 0.3) is 0 Å². The van der Waals surface area contributed by atoms with E-state index in [2.05, 4.69) is 0 Å². The fourth-order valence-corrected chi connectivity index (χ4v) is 1.63. The van der Waals surface area contributed by atoms with Crippen molar-refractivity contribution < 1.29 is 9.90 Å². The van der Waals surface area contributed by atoms with Crippen molar-refractivity contribution in [3.05, 3.63) is 29.3 Å². The molecule has 88 valence electrons. The number of rotatable bonds is 3. The highest BCUT2D eigenvalue weighted by Gasteiger charge is 2.18. The molecule has 0 fully saturated rings. The van der Waals surface area contributed by atoms with E-state index in [-0.39, 0.29) is 11.2 Å². The summed E-state index contributed by atoms with van der Waals surface area (Å²) in [5.74, 6) is 0.288. The van der Waals surface area contributed by atoms with Gasteiger partial charge in [-0.2, -0.15) is 0 Å². The van der Waals surface area contributed by atoms with E-state index in [9.17, 15) is 9.90 Å². The Morgan fingerprint density at radius 3 is 2.56 bits per heavy atom. The van der Waals surface area contributed by atoms with Crippen LogP contribution in [0.5, 0.6) is 5.75 Å². The van der Waals surface area contributed by atoms with Crippen molar-refractivity contribution in [1.82, 2.24) is 0 Å². The number of hydrogen-bond donors (Lipinski definition) is 2. The summed E-state index contributed by atoms with van der Waals surface area (Å²) in [5, 5.41) is 9.76. The molecule has 16 heavy (non-hydrogen) atoms. The van der Waals surface area contributed by atoms with E-state index < -0.39 is 6.04 Å². The van der Waals surface area contributed by atoms with Gasteiger partial charge in [-0.3, -0.25) is 0 Å². The van der Waals surface area contributed by atoms with Gasteiger partial charge in [-0.15, -0.1) is 0 Å². The minimum absolute atomic E-state index is 0.120. The second kappa shape index (κ2) is 4.66. The SMILES string of the molecule is CC(C)(C)c1cc(CC(N)C=O)ccc1O. The van der Waals surface area contributed by atoms with E-state index in [1.807, 2.05) is 26.8 Å². The Balaban J connectivity index is 3.03. The number of benzene rings is 1. The molecule has 1 unspecified atom stereocenters. The van der Waals surface area contributed by atoms with Gasteiger partial charge < -0.3 is 15.6 Å². The van der Waals surface area contributed by atoms with Crippen molar-refractivity contribution in [2.45, 2.75) is 38.6 Å². The third kappa shape index (κ3) is 3.07. The monoisotopic (exact) mass is 221 g/mol. The van der Waals surface area contributed by atoms with E-state index in [4.69, 9.17) is 5.73 Å². The van der Waals surface area contributed by atoms with Crippen LogP contribution in [0.3, 0.4) is 0 Å². The summed E-state index contributed by atoms with van der Waals surface area (Å²) >= 11 is 0. The Labute approximate surface area is 96.3 Å². The first-order valence-electron chi connectivity index (χ1n) is 5.38. The first kappa shape index (κ1) is 12.7. The molecule has 0 aliphatic rings. The predicted octanol–water partition coefficient (Wildman–Crippen LogP) is 1.76. The standard InChI is InChI=1S/C13H19NO2/c1-13(2,3)11-7-9(4-5-12(11)16)6-10(14)8-15/h4-5,7-8,10,16H,6,14H2,1-3H3. The molecule has 1 atom stereocenters. The highest BCUT2D eigenvalue weighted by molar-refractivity contribution is 5.58. The lowest BCUT2D eigenvalue weighted by Crippen LogP contribution is -2.24. The Hall–Kier alpha value is -1.35. The topological polar surface area (TPSA) is 63.3 Å². The van der Waals surface area contributed by atoms with Crippen molar-refractivity contribution in [3.8, 4) is 5.75 Å². The number of aromatic hydroxyl groups is 1. The molecule has 1 aromatic carbocycles. The maximum atomic E-state index is 10.5. The van der Waals surface area contributed by atoms with E-state index >= 15 is 0 Å². The first-order valence-corrected chi connectivity index (χ1v) is 5.38. The lowest BCUT2D eigenvalue weighted by molar-refractivity contribution is -0.108. The average molecular weight is 221 g/mol. The third-order valence-electron chi connectivity index (χ3n) is 2.52. The Kier molecular flexibility index (Phi) is 3.70. The third-order valence-corrected chi connectivity index (χ3v) is 2.52. The van der Waals surface area contributed by atoms with E-state index in [0.717, 1.165) is 17.4 Å². The number of hydrogen-bond acceptors (Lipinski definition) is 3. The number of carbonyl (C=O) groups is 1. The zero-order valence-corrected chi connectivity index (χ0v) is 10.0. The smallest absolute Gasteiger partial charge is 0.137 e. The van der Waals surface area contributed by atoms with Crippen molar-refractivity contribution in [2.75, 3.05) is 0 Å². The molecule has 0 heterocycles.